The molecule has 0 aromatic carbocycles. The van der Waals surface area contributed by atoms with Gasteiger partial charge < -0.3 is 9.15 Å². The van der Waals surface area contributed by atoms with Crippen molar-refractivity contribution >= 4 is 5.97 Å². The molecule has 126 valence electrons. The van der Waals surface area contributed by atoms with Crippen LogP contribution in [0.4, 0.5) is 0 Å². The third-order valence-electron chi connectivity index (χ3n) is 5.20. The molecule has 1 aromatic heterocycles. The molecular weight excluding hydrogens is 296 g/mol. The van der Waals surface area contributed by atoms with Crippen molar-refractivity contribution in [1.29, 1.82) is 0 Å². The first-order chi connectivity index (χ1) is 11.1. The lowest BCUT2D eigenvalue weighted by molar-refractivity contribution is -0.144. The lowest BCUT2D eigenvalue weighted by atomic mass is 10.1. The maximum atomic E-state index is 11.9. The van der Waals surface area contributed by atoms with Crippen LogP contribution in [-0.4, -0.2) is 64.3 Å². The molecule has 2 saturated heterocycles. The molecule has 0 amide bonds. The van der Waals surface area contributed by atoms with E-state index in [2.05, 4.69) is 27.0 Å². The summed E-state index contributed by atoms with van der Waals surface area (Å²) in [6.07, 6.45) is 4.25. The van der Waals surface area contributed by atoms with Crippen LogP contribution in [-0.2, 0) is 16.1 Å². The fourth-order valence-corrected chi connectivity index (χ4v) is 3.61. The fourth-order valence-electron chi connectivity index (χ4n) is 3.61. The Morgan fingerprint density at radius 1 is 1.30 bits per heavy atom. The lowest BCUT2D eigenvalue weighted by Crippen LogP contribution is -2.40. The van der Waals surface area contributed by atoms with Gasteiger partial charge in [0.1, 0.15) is 12.1 Å². The van der Waals surface area contributed by atoms with Gasteiger partial charge in [0.2, 0.25) is 11.8 Å². The summed E-state index contributed by atoms with van der Waals surface area (Å²) >= 11 is 0. The first-order valence-electron chi connectivity index (χ1n) is 8.57. The zero-order valence-electron chi connectivity index (χ0n) is 13.8. The predicted molar refractivity (Wildman–Crippen MR) is 81.7 cm³/mol. The van der Waals surface area contributed by atoms with Gasteiger partial charge in [-0.3, -0.25) is 14.6 Å². The molecular formula is C16H24N4O3. The highest BCUT2D eigenvalue weighted by molar-refractivity contribution is 5.78. The molecule has 0 bridgehead atoms. The van der Waals surface area contributed by atoms with E-state index in [9.17, 15) is 4.79 Å². The minimum atomic E-state index is -0.0632. The monoisotopic (exact) mass is 320 g/mol. The number of carbonyl (C=O) groups is 1. The third-order valence-corrected chi connectivity index (χ3v) is 5.20. The van der Waals surface area contributed by atoms with Crippen LogP contribution in [0.15, 0.2) is 4.42 Å². The highest BCUT2D eigenvalue weighted by atomic mass is 16.6. The van der Waals surface area contributed by atoms with E-state index in [0.29, 0.717) is 24.4 Å². The van der Waals surface area contributed by atoms with E-state index in [1.165, 1.54) is 12.8 Å². The van der Waals surface area contributed by atoms with Gasteiger partial charge in [-0.2, -0.15) is 0 Å². The van der Waals surface area contributed by atoms with Crippen LogP contribution in [0.25, 0.3) is 0 Å². The number of esters is 1. The number of likely N-dealkylation sites (tertiary alicyclic amines) is 1. The van der Waals surface area contributed by atoms with Gasteiger partial charge in [0.05, 0.1) is 6.54 Å². The summed E-state index contributed by atoms with van der Waals surface area (Å²) in [5, 5.41) is 8.30. The summed E-state index contributed by atoms with van der Waals surface area (Å²) in [5.74, 6) is 1.93. The molecule has 7 nitrogen and oxygen atoms in total. The second kappa shape index (κ2) is 5.87. The molecule has 3 aliphatic rings. The quantitative estimate of drug-likeness (QED) is 0.754. The van der Waals surface area contributed by atoms with Crippen LogP contribution in [0.2, 0.25) is 0 Å². The molecule has 1 saturated carbocycles. The standard InChI is InChI=1S/C16H24N4O3/c1-10-7-13(16(21)22-10)20-6-5-12(8-20)19(2)9-14-17-18-15(23-14)11-3-4-11/h10-13H,3-9H2,1-2H3/t10-,12+,13-/m1/s1. The Labute approximate surface area is 136 Å². The Hall–Kier alpha value is -1.47. The molecule has 0 radical (unpaired) electrons. The van der Waals surface area contributed by atoms with E-state index in [-0.39, 0.29) is 18.1 Å². The van der Waals surface area contributed by atoms with Gasteiger partial charge in [0.25, 0.3) is 0 Å². The molecule has 3 atom stereocenters. The van der Waals surface area contributed by atoms with E-state index in [4.69, 9.17) is 9.15 Å². The summed E-state index contributed by atoms with van der Waals surface area (Å²) in [7, 11) is 2.09. The maximum Gasteiger partial charge on any atom is 0.323 e. The molecule has 23 heavy (non-hydrogen) atoms. The Morgan fingerprint density at radius 2 is 2.13 bits per heavy atom. The van der Waals surface area contributed by atoms with Crippen LogP contribution < -0.4 is 0 Å². The van der Waals surface area contributed by atoms with Gasteiger partial charge in [-0.25, -0.2) is 0 Å². The number of likely N-dealkylation sites (N-methyl/N-ethyl adjacent to an activating group) is 1. The van der Waals surface area contributed by atoms with Crippen molar-refractivity contribution in [3.8, 4) is 0 Å². The van der Waals surface area contributed by atoms with Crippen LogP contribution >= 0.6 is 0 Å². The molecule has 1 aliphatic carbocycles. The minimum absolute atomic E-state index is 0.0449. The third kappa shape index (κ3) is 3.12. The number of hydrogen-bond acceptors (Lipinski definition) is 7. The number of nitrogens with zero attached hydrogens (tertiary/aromatic N) is 4. The smallest absolute Gasteiger partial charge is 0.323 e. The van der Waals surface area contributed by atoms with Gasteiger partial charge in [0.15, 0.2) is 0 Å². The predicted octanol–water partition coefficient (Wildman–Crippen LogP) is 1.16. The van der Waals surface area contributed by atoms with Gasteiger partial charge in [-0.15, -0.1) is 10.2 Å². The van der Waals surface area contributed by atoms with Crippen LogP contribution in [0.5, 0.6) is 0 Å². The average molecular weight is 320 g/mol. The van der Waals surface area contributed by atoms with E-state index in [1.807, 2.05) is 6.92 Å². The van der Waals surface area contributed by atoms with E-state index in [1.54, 1.807) is 0 Å². The van der Waals surface area contributed by atoms with Gasteiger partial charge in [-0.05, 0) is 33.2 Å². The summed E-state index contributed by atoms with van der Waals surface area (Å²) < 4.78 is 11.0. The highest BCUT2D eigenvalue weighted by Gasteiger charge is 2.40. The number of aromatic nitrogens is 2. The van der Waals surface area contributed by atoms with E-state index in [0.717, 1.165) is 31.8 Å². The van der Waals surface area contributed by atoms with Crippen LogP contribution in [0, 0.1) is 0 Å². The Kier molecular flexibility index (Phi) is 3.85. The zero-order chi connectivity index (χ0) is 16.0. The number of carbonyl (C=O) groups excluding carboxylic acids is 1. The molecule has 3 heterocycles. The average Bonchev–Trinajstić information content (AvgIpc) is 2.94. The Morgan fingerprint density at radius 3 is 2.83 bits per heavy atom. The molecule has 7 heteroatoms. The number of rotatable bonds is 5. The molecule has 1 aromatic rings. The number of ether oxygens (including phenoxy) is 1. The van der Waals surface area contributed by atoms with Crippen molar-refractivity contribution in [3.63, 3.8) is 0 Å². The number of cyclic esters (lactones) is 1. The zero-order valence-corrected chi connectivity index (χ0v) is 13.8. The number of hydrogen-bond donors (Lipinski definition) is 0. The van der Waals surface area contributed by atoms with Crippen molar-refractivity contribution in [2.45, 2.75) is 63.3 Å². The minimum Gasteiger partial charge on any atom is -0.461 e. The molecule has 0 spiro atoms. The van der Waals surface area contributed by atoms with Crippen molar-refractivity contribution in [2.75, 3.05) is 20.1 Å². The normalized spacial score (nSPS) is 32.0. The van der Waals surface area contributed by atoms with Gasteiger partial charge >= 0.3 is 5.97 Å². The molecule has 0 N–H and O–H groups in total. The molecule has 2 aliphatic heterocycles. The second-order valence-electron chi connectivity index (χ2n) is 7.16. The Balaban J connectivity index is 1.32. The SMILES string of the molecule is C[C@@H]1C[C@@H](N2CC[C@H](N(C)Cc3nnc(C4CC4)o3)C2)C(=O)O1. The maximum absolute atomic E-state index is 11.9. The summed E-state index contributed by atoms with van der Waals surface area (Å²) in [6, 6.07) is 0.350. The summed E-state index contributed by atoms with van der Waals surface area (Å²) in [6.45, 7) is 4.47. The molecule has 3 fully saturated rings. The van der Waals surface area contributed by atoms with Crippen LogP contribution in [0.1, 0.15) is 50.3 Å². The van der Waals surface area contributed by atoms with Crippen LogP contribution in [0.3, 0.4) is 0 Å². The van der Waals surface area contributed by atoms with E-state index < -0.39 is 0 Å². The summed E-state index contributed by atoms with van der Waals surface area (Å²) in [4.78, 5) is 16.4. The Bertz CT molecular complexity index is 586. The van der Waals surface area contributed by atoms with Crippen molar-refractivity contribution in [2.24, 2.45) is 0 Å². The summed E-state index contributed by atoms with van der Waals surface area (Å²) in [5.41, 5.74) is 0. The lowest BCUT2D eigenvalue weighted by Gasteiger charge is -2.24. The fraction of sp³-hybridized carbons (Fsp3) is 0.812. The topological polar surface area (TPSA) is 71.7 Å². The van der Waals surface area contributed by atoms with E-state index >= 15 is 0 Å². The van der Waals surface area contributed by atoms with Gasteiger partial charge in [0, 0.05) is 31.5 Å². The highest BCUT2D eigenvalue weighted by Crippen LogP contribution is 2.39. The molecule has 4 rings (SSSR count). The van der Waals surface area contributed by atoms with Crippen molar-refractivity contribution in [3.05, 3.63) is 11.8 Å². The van der Waals surface area contributed by atoms with Crippen molar-refractivity contribution < 1.29 is 13.9 Å². The van der Waals surface area contributed by atoms with Crippen molar-refractivity contribution in [1.82, 2.24) is 20.0 Å². The first kappa shape index (κ1) is 15.1. The second-order valence-corrected chi connectivity index (χ2v) is 7.16. The molecule has 0 unspecified atom stereocenters. The van der Waals surface area contributed by atoms with Gasteiger partial charge in [-0.1, -0.05) is 0 Å². The largest absolute Gasteiger partial charge is 0.461 e. The first-order valence-corrected chi connectivity index (χ1v) is 8.57.